The van der Waals surface area contributed by atoms with Crippen molar-refractivity contribution in [1.29, 1.82) is 0 Å². The van der Waals surface area contributed by atoms with E-state index in [2.05, 4.69) is 24.3 Å². The smallest absolute Gasteiger partial charge is 0.340 e. The van der Waals surface area contributed by atoms with E-state index in [9.17, 15) is 4.79 Å². The van der Waals surface area contributed by atoms with Crippen molar-refractivity contribution >= 4 is 28.9 Å². The number of nitrogens with two attached hydrogens (primary N) is 1. The highest BCUT2D eigenvalue weighted by molar-refractivity contribution is 6.34. The third-order valence-electron chi connectivity index (χ3n) is 3.95. The van der Waals surface area contributed by atoms with Gasteiger partial charge in [-0.05, 0) is 38.8 Å². The van der Waals surface area contributed by atoms with Gasteiger partial charge in [-0.3, -0.25) is 0 Å². The van der Waals surface area contributed by atoms with Gasteiger partial charge in [0.1, 0.15) is 0 Å². The number of piperidine rings is 1. The number of nitrogens with one attached hydrogen (secondary N) is 1. The zero-order valence-electron chi connectivity index (χ0n) is 12.6. The Bertz CT molecular complexity index is 526. The van der Waals surface area contributed by atoms with Crippen LogP contribution in [-0.2, 0) is 4.74 Å². The van der Waals surface area contributed by atoms with E-state index in [0.29, 0.717) is 34.0 Å². The molecule has 0 aromatic heterocycles. The second-order valence-electron chi connectivity index (χ2n) is 5.56. The monoisotopic (exact) mass is 311 g/mol. The molecule has 1 aromatic carbocycles. The van der Waals surface area contributed by atoms with Crippen LogP contribution in [0.2, 0.25) is 5.02 Å². The van der Waals surface area contributed by atoms with Crippen LogP contribution in [-0.4, -0.2) is 30.2 Å². The number of nitrogens with zero attached hydrogens (tertiary/aromatic N) is 1. The van der Waals surface area contributed by atoms with Gasteiger partial charge in [0, 0.05) is 17.8 Å². The van der Waals surface area contributed by atoms with Gasteiger partial charge in [0.15, 0.2) is 0 Å². The number of halogens is 1. The van der Waals surface area contributed by atoms with Crippen LogP contribution in [0.1, 0.15) is 43.5 Å². The van der Waals surface area contributed by atoms with E-state index in [4.69, 9.17) is 22.1 Å². The highest BCUT2D eigenvalue weighted by Gasteiger charge is 2.27. The summed E-state index contributed by atoms with van der Waals surface area (Å²) in [7, 11) is 1.34. The number of hydrazine groups is 1. The molecule has 0 amide bonds. The largest absolute Gasteiger partial charge is 0.465 e. The van der Waals surface area contributed by atoms with Crippen LogP contribution >= 0.6 is 11.6 Å². The van der Waals surface area contributed by atoms with Crippen LogP contribution in [0.25, 0.3) is 0 Å². The van der Waals surface area contributed by atoms with Gasteiger partial charge in [0.2, 0.25) is 0 Å². The van der Waals surface area contributed by atoms with Gasteiger partial charge in [0.25, 0.3) is 0 Å². The number of benzene rings is 1. The average Bonchev–Trinajstić information content (AvgIpc) is 2.43. The van der Waals surface area contributed by atoms with Crippen molar-refractivity contribution in [3.63, 3.8) is 0 Å². The molecular formula is C15H22ClN3O2. The third kappa shape index (κ3) is 3.41. The maximum Gasteiger partial charge on any atom is 0.340 e. The zero-order chi connectivity index (χ0) is 15.6. The fourth-order valence-corrected chi connectivity index (χ4v) is 3.05. The van der Waals surface area contributed by atoms with E-state index < -0.39 is 5.97 Å². The van der Waals surface area contributed by atoms with Crippen molar-refractivity contribution in [3.8, 4) is 0 Å². The Morgan fingerprint density at radius 3 is 2.57 bits per heavy atom. The Morgan fingerprint density at radius 1 is 1.38 bits per heavy atom. The first-order chi connectivity index (χ1) is 9.93. The number of rotatable bonds is 3. The van der Waals surface area contributed by atoms with Crippen LogP contribution in [0.4, 0.5) is 11.4 Å². The van der Waals surface area contributed by atoms with Crippen LogP contribution in [0.3, 0.4) is 0 Å². The Morgan fingerprint density at radius 2 is 2.00 bits per heavy atom. The average molecular weight is 312 g/mol. The maximum atomic E-state index is 11.9. The SMILES string of the molecule is COC(=O)c1cc(N)cc(Cl)c1NN1C(C)CCCC1C. The summed E-state index contributed by atoms with van der Waals surface area (Å²) in [6.07, 6.45) is 3.43. The number of methoxy groups -OCH3 is 1. The molecule has 2 atom stereocenters. The van der Waals surface area contributed by atoms with Gasteiger partial charge in [-0.2, -0.15) is 0 Å². The summed E-state index contributed by atoms with van der Waals surface area (Å²) >= 11 is 6.27. The van der Waals surface area contributed by atoms with E-state index in [1.54, 1.807) is 12.1 Å². The topological polar surface area (TPSA) is 67.6 Å². The summed E-state index contributed by atoms with van der Waals surface area (Å²) in [5.41, 5.74) is 10.4. The molecule has 6 heteroatoms. The Labute approximate surface area is 130 Å². The standard InChI is InChI=1S/C15H22ClN3O2/c1-9-5-4-6-10(2)19(9)18-14-12(15(20)21-3)7-11(17)8-13(14)16/h7-10,18H,4-6,17H2,1-3H3. The highest BCUT2D eigenvalue weighted by atomic mass is 35.5. The molecule has 2 unspecified atom stereocenters. The Kier molecular flexibility index (Phi) is 4.96. The number of hydrogen-bond donors (Lipinski definition) is 2. The molecule has 3 N–H and O–H groups in total. The van der Waals surface area contributed by atoms with Gasteiger partial charge < -0.3 is 15.9 Å². The highest BCUT2D eigenvalue weighted by Crippen LogP contribution is 2.32. The molecule has 0 aliphatic carbocycles. The summed E-state index contributed by atoms with van der Waals surface area (Å²) in [6, 6.07) is 3.95. The maximum absolute atomic E-state index is 11.9. The van der Waals surface area contributed by atoms with Gasteiger partial charge in [-0.1, -0.05) is 18.0 Å². The first-order valence-corrected chi connectivity index (χ1v) is 7.54. The number of nitrogen functional groups attached to an aromatic ring is 1. The molecule has 5 nitrogen and oxygen atoms in total. The molecule has 1 fully saturated rings. The second-order valence-corrected chi connectivity index (χ2v) is 5.97. The number of esters is 1. The van der Waals surface area contributed by atoms with E-state index >= 15 is 0 Å². The Hall–Kier alpha value is -1.46. The number of hydrogen-bond acceptors (Lipinski definition) is 5. The number of anilines is 2. The molecule has 1 saturated heterocycles. The molecule has 21 heavy (non-hydrogen) atoms. The lowest BCUT2D eigenvalue weighted by Crippen LogP contribution is -2.47. The number of ether oxygens (including phenoxy) is 1. The Balaban J connectivity index is 2.36. The molecular weight excluding hydrogens is 290 g/mol. The molecule has 1 aromatic rings. The van der Waals surface area contributed by atoms with E-state index in [1.165, 1.54) is 13.5 Å². The van der Waals surface area contributed by atoms with Crippen molar-refractivity contribution in [1.82, 2.24) is 5.01 Å². The molecule has 1 aliphatic rings. The van der Waals surface area contributed by atoms with Crippen molar-refractivity contribution in [2.45, 2.75) is 45.2 Å². The molecule has 0 spiro atoms. The first-order valence-electron chi connectivity index (χ1n) is 7.16. The van der Waals surface area contributed by atoms with Crippen LogP contribution in [0.15, 0.2) is 12.1 Å². The fraction of sp³-hybridized carbons (Fsp3) is 0.533. The minimum atomic E-state index is -0.455. The number of carbonyl (C=O) groups excluding carboxylic acids is 1. The summed E-state index contributed by atoms with van der Waals surface area (Å²) in [4.78, 5) is 11.9. The summed E-state index contributed by atoms with van der Waals surface area (Å²) in [5.74, 6) is -0.455. The molecule has 116 valence electrons. The molecule has 2 rings (SSSR count). The van der Waals surface area contributed by atoms with Crippen LogP contribution in [0.5, 0.6) is 0 Å². The lowest BCUT2D eigenvalue weighted by Gasteiger charge is -2.40. The normalized spacial score (nSPS) is 22.9. The summed E-state index contributed by atoms with van der Waals surface area (Å²) in [5, 5.41) is 2.56. The van der Waals surface area contributed by atoms with Crippen molar-refractivity contribution in [2.75, 3.05) is 18.3 Å². The van der Waals surface area contributed by atoms with Crippen molar-refractivity contribution in [2.24, 2.45) is 0 Å². The minimum Gasteiger partial charge on any atom is -0.465 e. The lowest BCUT2D eigenvalue weighted by molar-refractivity contribution is 0.0600. The van der Waals surface area contributed by atoms with Gasteiger partial charge in [-0.15, -0.1) is 0 Å². The molecule has 0 bridgehead atoms. The van der Waals surface area contributed by atoms with E-state index in [0.717, 1.165) is 12.8 Å². The summed E-state index contributed by atoms with van der Waals surface area (Å²) < 4.78 is 4.82. The third-order valence-corrected chi connectivity index (χ3v) is 4.25. The van der Waals surface area contributed by atoms with E-state index in [1.807, 2.05) is 0 Å². The fourth-order valence-electron chi connectivity index (χ4n) is 2.78. The summed E-state index contributed by atoms with van der Waals surface area (Å²) in [6.45, 7) is 4.32. The predicted molar refractivity (Wildman–Crippen MR) is 85.4 cm³/mol. The van der Waals surface area contributed by atoms with Crippen LogP contribution in [0, 0.1) is 0 Å². The zero-order valence-corrected chi connectivity index (χ0v) is 13.4. The van der Waals surface area contributed by atoms with E-state index in [-0.39, 0.29) is 0 Å². The molecule has 1 heterocycles. The molecule has 1 aliphatic heterocycles. The van der Waals surface area contributed by atoms with Crippen molar-refractivity contribution in [3.05, 3.63) is 22.7 Å². The van der Waals surface area contributed by atoms with Crippen molar-refractivity contribution < 1.29 is 9.53 Å². The molecule has 0 radical (unpaired) electrons. The molecule has 0 saturated carbocycles. The number of carbonyl (C=O) groups is 1. The van der Waals surface area contributed by atoms with Gasteiger partial charge in [0.05, 0.1) is 23.4 Å². The quantitative estimate of drug-likeness (QED) is 0.662. The lowest BCUT2D eigenvalue weighted by atomic mass is 9.99. The van der Waals surface area contributed by atoms with Crippen LogP contribution < -0.4 is 11.2 Å². The predicted octanol–water partition coefficient (Wildman–Crippen LogP) is 3.30. The minimum absolute atomic E-state index is 0.354. The first kappa shape index (κ1) is 15.9. The van der Waals surface area contributed by atoms with Gasteiger partial charge in [-0.25, -0.2) is 9.80 Å². The van der Waals surface area contributed by atoms with Gasteiger partial charge >= 0.3 is 5.97 Å². The second kappa shape index (κ2) is 6.54.